The minimum atomic E-state index is -1.11. The lowest BCUT2D eigenvalue weighted by molar-refractivity contribution is -0.144. The number of ether oxygens (including phenoxy) is 3. The molecule has 0 aliphatic rings. The van der Waals surface area contributed by atoms with E-state index in [1.165, 1.54) is 17.8 Å². The number of halogens is 2. The molecular weight excluding hydrogens is 670 g/mol. The van der Waals surface area contributed by atoms with Crippen molar-refractivity contribution in [3.63, 3.8) is 0 Å². The first-order chi connectivity index (χ1) is 20.0. The standard InChI is InChI=1S/C31H31Br2N3O6/c1-7-41-25-13-19(26(32)27(33)28(25)42-18(5)31(38)39)15-34-36-29(35-23-11-9-8-10-20(23)30(36)37)22-14-21(16(2)3)24(40-6)12-17(22)4/h8-16,18H,7H2,1-6H3,(H,38,39)/t18-/m1/s1. The van der Waals surface area contributed by atoms with E-state index in [0.29, 0.717) is 43.6 Å². The Morgan fingerprint density at radius 2 is 1.83 bits per heavy atom. The van der Waals surface area contributed by atoms with E-state index in [1.807, 2.05) is 32.0 Å². The van der Waals surface area contributed by atoms with Gasteiger partial charge in [0.25, 0.3) is 5.56 Å². The largest absolute Gasteiger partial charge is 0.496 e. The number of hydrogen-bond donors (Lipinski definition) is 1. The van der Waals surface area contributed by atoms with Crippen LogP contribution in [0.3, 0.4) is 0 Å². The molecule has 4 aromatic rings. The normalized spacial score (nSPS) is 12.2. The van der Waals surface area contributed by atoms with E-state index < -0.39 is 12.1 Å². The monoisotopic (exact) mass is 699 g/mol. The molecule has 0 aliphatic carbocycles. The molecule has 0 amide bonds. The molecule has 220 valence electrons. The third-order valence-corrected chi connectivity index (χ3v) is 8.75. The number of aryl methyl sites for hydroxylation is 1. The number of nitrogens with zero attached hydrogens (tertiary/aromatic N) is 3. The van der Waals surface area contributed by atoms with Crippen molar-refractivity contribution < 1.29 is 24.1 Å². The highest BCUT2D eigenvalue weighted by Crippen LogP contribution is 2.43. The molecule has 11 heteroatoms. The van der Waals surface area contributed by atoms with Gasteiger partial charge in [-0.2, -0.15) is 9.78 Å². The molecule has 9 nitrogen and oxygen atoms in total. The van der Waals surface area contributed by atoms with Gasteiger partial charge in [0.15, 0.2) is 23.4 Å². The molecule has 1 heterocycles. The van der Waals surface area contributed by atoms with Crippen molar-refractivity contribution >= 4 is 54.9 Å². The molecule has 0 saturated heterocycles. The van der Waals surface area contributed by atoms with Gasteiger partial charge in [-0.1, -0.05) is 26.0 Å². The quantitative estimate of drug-likeness (QED) is 0.175. The molecule has 3 aromatic carbocycles. The van der Waals surface area contributed by atoms with Gasteiger partial charge in [-0.05, 0) is 100 Å². The second kappa shape index (κ2) is 13.1. The van der Waals surface area contributed by atoms with Gasteiger partial charge >= 0.3 is 5.97 Å². The summed E-state index contributed by atoms with van der Waals surface area (Å²) in [4.78, 5) is 30.1. The molecule has 4 rings (SSSR count). The summed E-state index contributed by atoms with van der Waals surface area (Å²) in [5, 5.41) is 14.4. The highest BCUT2D eigenvalue weighted by molar-refractivity contribution is 9.13. The Morgan fingerprint density at radius 3 is 2.48 bits per heavy atom. The number of rotatable bonds is 10. The second-order valence-corrected chi connectivity index (χ2v) is 11.4. The Hall–Kier alpha value is -3.70. The molecule has 0 spiro atoms. The first kappa shape index (κ1) is 31.2. The lowest BCUT2D eigenvalue weighted by Gasteiger charge is -2.18. The van der Waals surface area contributed by atoms with E-state index in [0.717, 1.165) is 22.4 Å². The number of methoxy groups -OCH3 is 1. The number of hydrogen-bond acceptors (Lipinski definition) is 7. The molecule has 0 saturated carbocycles. The maximum Gasteiger partial charge on any atom is 0.344 e. The summed E-state index contributed by atoms with van der Waals surface area (Å²) in [7, 11) is 1.64. The number of aromatic nitrogens is 2. The van der Waals surface area contributed by atoms with Crippen LogP contribution in [0.5, 0.6) is 17.2 Å². The fourth-order valence-electron chi connectivity index (χ4n) is 4.39. The number of fused-ring (bicyclic) bond motifs is 1. The Morgan fingerprint density at radius 1 is 1.12 bits per heavy atom. The van der Waals surface area contributed by atoms with E-state index in [-0.39, 0.29) is 17.2 Å². The maximum atomic E-state index is 13.8. The number of para-hydroxylation sites is 1. The minimum absolute atomic E-state index is 0.165. The summed E-state index contributed by atoms with van der Waals surface area (Å²) >= 11 is 7.05. The number of aliphatic carboxylic acids is 1. The molecule has 1 atom stereocenters. The fourth-order valence-corrected chi connectivity index (χ4v) is 5.31. The summed E-state index contributed by atoms with van der Waals surface area (Å²) < 4.78 is 19.3. The molecule has 1 aromatic heterocycles. The van der Waals surface area contributed by atoms with Gasteiger partial charge in [0.1, 0.15) is 5.75 Å². The van der Waals surface area contributed by atoms with Crippen molar-refractivity contribution in [1.82, 2.24) is 9.66 Å². The Kier molecular flexibility index (Phi) is 9.73. The van der Waals surface area contributed by atoms with Crippen molar-refractivity contribution in [2.24, 2.45) is 5.10 Å². The van der Waals surface area contributed by atoms with Crippen molar-refractivity contribution in [3.8, 4) is 28.6 Å². The summed E-state index contributed by atoms with van der Waals surface area (Å²) in [5.74, 6) is 0.748. The third-order valence-electron chi connectivity index (χ3n) is 6.60. The van der Waals surface area contributed by atoms with Crippen LogP contribution in [0.1, 0.15) is 50.3 Å². The highest BCUT2D eigenvalue weighted by atomic mass is 79.9. The number of carboxylic acid groups (broad SMARTS) is 1. The van der Waals surface area contributed by atoms with Crippen LogP contribution < -0.4 is 19.8 Å². The van der Waals surface area contributed by atoms with E-state index in [4.69, 9.17) is 19.2 Å². The van der Waals surface area contributed by atoms with Crippen molar-refractivity contribution in [2.75, 3.05) is 13.7 Å². The molecule has 1 N–H and O–H groups in total. The Balaban J connectivity index is 1.94. The lowest BCUT2D eigenvalue weighted by atomic mass is 9.96. The molecule has 0 unspecified atom stereocenters. The van der Waals surface area contributed by atoms with Crippen molar-refractivity contribution in [3.05, 3.63) is 78.5 Å². The summed E-state index contributed by atoms with van der Waals surface area (Å²) in [6.07, 6.45) is 0.408. The SMILES string of the molecule is CCOc1cc(C=Nn2c(-c3cc(C(C)C)c(OC)cc3C)nc3ccccc3c2=O)c(Br)c(Br)c1O[C@H](C)C(=O)O. The zero-order valence-corrected chi connectivity index (χ0v) is 27.2. The van der Waals surface area contributed by atoms with E-state index in [2.05, 4.69) is 50.8 Å². The van der Waals surface area contributed by atoms with Crippen LogP contribution in [0.4, 0.5) is 0 Å². The van der Waals surface area contributed by atoms with E-state index in [9.17, 15) is 14.7 Å². The van der Waals surface area contributed by atoms with Crippen LogP contribution in [0, 0.1) is 6.92 Å². The average Bonchev–Trinajstić information content (AvgIpc) is 2.96. The predicted molar refractivity (Wildman–Crippen MR) is 171 cm³/mol. The molecule has 0 radical (unpaired) electrons. The first-order valence-corrected chi connectivity index (χ1v) is 14.9. The van der Waals surface area contributed by atoms with Gasteiger partial charge in [-0.15, -0.1) is 0 Å². The number of carboxylic acids is 1. The molecule has 0 aliphatic heterocycles. The second-order valence-electron chi connectivity index (χ2n) is 9.83. The van der Waals surface area contributed by atoms with Crippen LogP contribution in [-0.4, -0.2) is 46.8 Å². The molecule has 0 fully saturated rings. The van der Waals surface area contributed by atoms with Gasteiger partial charge < -0.3 is 19.3 Å². The van der Waals surface area contributed by atoms with E-state index in [1.54, 1.807) is 31.4 Å². The molecule has 0 bridgehead atoms. The van der Waals surface area contributed by atoms with Crippen LogP contribution >= 0.6 is 31.9 Å². The van der Waals surface area contributed by atoms with Crippen LogP contribution in [0.2, 0.25) is 0 Å². The van der Waals surface area contributed by atoms with Gasteiger partial charge in [0, 0.05) is 15.6 Å². The van der Waals surface area contributed by atoms with Crippen LogP contribution in [0.15, 0.2) is 61.3 Å². The zero-order chi connectivity index (χ0) is 30.7. The smallest absolute Gasteiger partial charge is 0.344 e. The van der Waals surface area contributed by atoms with Crippen molar-refractivity contribution in [2.45, 2.75) is 46.6 Å². The van der Waals surface area contributed by atoms with Crippen LogP contribution in [-0.2, 0) is 4.79 Å². The fraction of sp³-hybridized carbons (Fsp3) is 0.290. The Bertz CT molecular complexity index is 1750. The highest BCUT2D eigenvalue weighted by Gasteiger charge is 2.23. The minimum Gasteiger partial charge on any atom is -0.496 e. The Labute approximate surface area is 260 Å². The van der Waals surface area contributed by atoms with E-state index >= 15 is 0 Å². The maximum absolute atomic E-state index is 13.8. The molecular formula is C31H31Br2N3O6. The first-order valence-electron chi connectivity index (χ1n) is 13.3. The van der Waals surface area contributed by atoms with Gasteiger partial charge in [-0.3, -0.25) is 4.79 Å². The van der Waals surface area contributed by atoms with Gasteiger partial charge in [0.2, 0.25) is 0 Å². The van der Waals surface area contributed by atoms with Crippen molar-refractivity contribution in [1.29, 1.82) is 0 Å². The summed E-state index contributed by atoms with van der Waals surface area (Å²) in [6.45, 7) is 9.65. The average molecular weight is 701 g/mol. The summed E-state index contributed by atoms with van der Waals surface area (Å²) in [6, 6.07) is 12.8. The topological polar surface area (TPSA) is 112 Å². The van der Waals surface area contributed by atoms with Gasteiger partial charge in [-0.25, -0.2) is 9.78 Å². The lowest BCUT2D eigenvalue weighted by Crippen LogP contribution is -2.23. The zero-order valence-electron chi connectivity index (χ0n) is 24.1. The number of carbonyl (C=O) groups is 1. The summed E-state index contributed by atoms with van der Waals surface area (Å²) in [5.41, 5.74) is 3.39. The predicted octanol–water partition coefficient (Wildman–Crippen LogP) is 7.16. The molecule has 42 heavy (non-hydrogen) atoms. The van der Waals surface area contributed by atoms with Gasteiger partial charge in [0.05, 0.1) is 35.3 Å². The number of benzene rings is 3. The van der Waals surface area contributed by atoms with Crippen LogP contribution in [0.25, 0.3) is 22.3 Å². The third kappa shape index (κ3) is 6.22.